The molecular formula is C14H16N2O6. The summed E-state index contributed by atoms with van der Waals surface area (Å²) in [5, 5.41) is 13.1. The van der Waals surface area contributed by atoms with E-state index in [0.29, 0.717) is 13.2 Å². The van der Waals surface area contributed by atoms with Gasteiger partial charge in [0.2, 0.25) is 0 Å². The van der Waals surface area contributed by atoms with Gasteiger partial charge in [0, 0.05) is 25.3 Å². The number of hydrogen-bond donors (Lipinski definition) is 1. The van der Waals surface area contributed by atoms with Gasteiger partial charge in [-0.15, -0.1) is 0 Å². The number of amides is 1. The van der Waals surface area contributed by atoms with E-state index in [9.17, 15) is 19.7 Å². The highest BCUT2D eigenvalue weighted by Gasteiger charge is 2.17. The molecule has 0 aromatic heterocycles. The lowest BCUT2D eigenvalue weighted by Crippen LogP contribution is -2.34. The Morgan fingerprint density at radius 3 is 2.68 bits per heavy atom. The van der Waals surface area contributed by atoms with E-state index in [1.165, 1.54) is 24.3 Å². The molecule has 118 valence electrons. The van der Waals surface area contributed by atoms with Crippen LogP contribution < -0.4 is 5.32 Å². The van der Waals surface area contributed by atoms with Crippen LogP contribution in [-0.4, -0.2) is 42.7 Å². The van der Waals surface area contributed by atoms with Crippen molar-refractivity contribution in [1.29, 1.82) is 0 Å². The van der Waals surface area contributed by atoms with Gasteiger partial charge in [-0.2, -0.15) is 0 Å². The highest BCUT2D eigenvalue weighted by molar-refractivity contribution is 5.91. The van der Waals surface area contributed by atoms with Gasteiger partial charge in [-0.1, -0.05) is 0 Å². The van der Waals surface area contributed by atoms with Crippen LogP contribution in [0.4, 0.5) is 5.69 Å². The third-order valence-electron chi connectivity index (χ3n) is 3.20. The first-order chi connectivity index (χ1) is 10.6. The second-order valence-corrected chi connectivity index (χ2v) is 4.82. The third kappa shape index (κ3) is 4.52. The van der Waals surface area contributed by atoms with Crippen LogP contribution in [0.2, 0.25) is 0 Å². The van der Waals surface area contributed by atoms with Gasteiger partial charge in [0.1, 0.15) is 0 Å². The Morgan fingerprint density at radius 2 is 2.09 bits per heavy atom. The molecule has 0 saturated carbocycles. The second kappa shape index (κ2) is 7.51. The highest BCUT2D eigenvalue weighted by Crippen LogP contribution is 2.13. The molecule has 1 aromatic rings. The summed E-state index contributed by atoms with van der Waals surface area (Å²) in [5.41, 5.74) is 0.0309. The SMILES string of the molecule is O=C(COC(=O)c1ccc([N+](=O)[O-])cc1)NC[C@H]1CCCO1. The molecule has 1 atom stereocenters. The Labute approximate surface area is 126 Å². The summed E-state index contributed by atoms with van der Waals surface area (Å²) in [6, 6.07) is 4.97. The molecule has 1 N–H and O–H groups in total. The molecule has 8 nitrogen and oxygen atoms in total. The average Bonchev–Trinajstić information content (AvgIpc) is 3.04. The molecule has 1 heterocycles. The summed E-state index contributed by atoms with van der Waals surface area (Å²) >= 11 is 0. The van der Waals surface area contributed by atoms with Crippen molar-refractivity contribution in [3.8, 4) is 0 Å². The number of nitro groups is 1. The van der Waals surface area contributed by atoms with Crippen LogP contribution in [0.1, 0.15) is 23.2 Å². The highest BCUT2D eigenvalue weighted by atomic mass is 16.6. The van der Waals surface area contributed by atoms with Crippen LogP contribution in [0.3, 0.4) is 0 Å². The van der Waals surface area contributed by atoms with Gasteiger partial charge in [-0.3, -0.25) is 14.9 Å². The molecule has 0 bridgehead atoms. The van der Waals surface area contributed by atoms with Crippen molar-refractivity contribution < 1.29 is 24.0 Å². The summed E-state index contributed by atoms with van der Waals surface area (Å²) < 4.78 is 10.2. The molecule has 0 spiro atoms. The van der Waals surface area contributed by atoms with Gasteiger partial charge in [0.25, 0.3) is 11.6 Å². The van der Waals surface area contributed by atoms with E-state index in [4.69, 9.17) is 9.47 Å². The predicted octanol–water partition coefficient (Wildman–Crippen LogP) is 1.05. The molecule has 1 amide bonds. The van der Waals surface area contributed by atoms with Crippen molar-refractivity contribution in [3.05, 3.63) is 39.9 Å². The zero-order chi connectivity index (χ0) is 15.9. The van der Waals surface area contributed by atoms with E-state index < -0.39 is 23.4 Å². The largest absolute Gasteiger partial charge is 0.452 e. The number of rotatable bonds is 6. The first kappa shape index (κ1) is 15.9. The summed E-state index contributed by atoms with van der Waals surface area (Å²) in [6.45, 7) is 0.701. The average molecular weight is 308 g/mol. The number of ether oxygens (including phenoxy) is 2. The van der Waals surface area contributed by atoms with Gasteiger partial charge in [-0.05, 0) is 25.0 Å². The van der Waals surface area contributed by atoms with Crippen LogP contribution >= 0.6 is 0 Å². The molecule has 1 aliphatic heterocycles. The number of carbonyl (C=O) groups excluding carboxylic acids is 2. The topological polar surface area (TPSA) is 108 Å². The molecule has 22 heavy (non-hydrogen) atoms. The normalized spacial score (nSPS) is 17.0. The minimum Gasteiger partial charge on any atom is -0.452 e. The number of nitrogens with zero attached hydrogens (tertiary/aromatic N) is 1. The van der Waals surface area contributed by atoms with E-state index in [1.54, 1.807) is 0 Å². The first-order valence-electron chi connectivity index (χ1n) is 6.86. The summed E-state index contributed by atoms with van der Waals surface area (Å²) in [4.78, 5) is 33.2. The Kier molecular flexibility index (Phi) is 5.42. The number of nitrogens with one attached hydrogen (secondary N) is 1. The molecule has 8 heteroatoms. The van der Waals surface area contributed by atoms with Crippen molar-refractivity contribution in [2.45, 2.75) is 18.9 Å². The summed E-state index contributed by atoms with van der Waals surface area (Å²) in [6.07, 6.45) is 1.91. The zero-order valence-corrected chi connectivity index (χ0v) is 11.8. The molecule has 1 aliphatic rings. The number of non-ortho nitro benzene ring substituents is 1. The van der Waals surface area contributed by atoms with E-state index >= 15 is 0 Å². The van der Waals surface area contributed by atoms with Crippen molar-refractivity contribution in [2.24, 2.45) is 0 Å². The summed E-state index contributed by atoms with van der Waals surface area (Å²) in [5.74, 6) is -1.12. The number of carbonyl (C=O) groups is 2. The fraction of sp³-hybridized carbons (Fsp3) is 0.429. The van der Waals surface area contributed by atoms with E-state index in [0.717, 1.165) is 12.8 Å². The third-order valence-corrected chi connectivity index (χ3v) is 3.20. The molecule has 1 saturated heterocycles. The maximum Gasteiger partial charge on any atom is 0.338 e. The fourth-order valence-electron chi connectivity index (χ4n) is 2.02. The lowest BCUT2D eigenvalue weighted by molar-refractivity contribution is -0.384. The van der Waals surface area contributed by atoms with Gasteiger partial charge in [0.05, 0.1) is 16.6 Å². The van der Waals surface area contributed by atoms with Crippen LogP contribution in [0.5, 0.6) is 0 Å². The maximum absolute atomic E-state index is 11.7. The molecule has 0 aliphatic carbocycles. The first-order valence-corrected chi connectivity index (χ1v) is 6.86. The Bertz CT molecular complexity index is 551. The second-order valence-electron chi connectivity index (χ2n) is 4.82. The van der Waals surface area contributed by atoms with Crippen molar-refractivity contribution >= 4 is 17.6 Å². The standard InChI is InChI=1S/C14H16N2O6/c17-13(15-8-12-2-1-7-21-12)9-22-14(18)10-3-5-11(6-4-10)16(19)20/h3-6,12H,1-2,7-9H2,(H,15,17)/t12-/m1/s1. The molecule has 1 fully saturated rings. The maximum atomic E-state index is 11.7. The Balaban J connectivity index is 1.74. The van der Waals surface area contributed by atoms with E-state index in [2.05, 4.69) is 5.32 Å². The Hall–Kier alpha value is -2.48. The molecule has 0 unspecified atom stereocenters. The number of hydrogen-bond acceptors (Lipinski definition) is 6. The van der Waals surface area contributed by atoms with E-state index in [1.807, 2.05) is 0 Å². The molecule has 2 rings (SSSR count). The van der Waals surface area contributed by atoms with Gasteiger partial charge < -0.3 is 14.8 Å². The van der Waals surface area contributed by atoms with Crippen molar-refractivity contribution in [3.63, 3.8) is 0 Å². The van der Waals surface area contributed by atoms with Gasteiger partial charge in [0.15, 0.2) is 6.61 Å². The van der Waals surface area contributed by atoms with Crippen LogP contribution in [0.25, 0.3) is 0 Å². The van der Waals surface area contributed by atoms with Gasteiger partial charge >= 0.3 is 5.97 Å². The summed E-state index contributed by atoms with van der Waals surface area (Å²) in [7, 11) is 0. The quantitative estimate of drug-likeness (QED) is 0.478. The lowest BCUT2D eigenvalue weighted by atomic mass is 10.2. The lowest BCUT2D eigenvalue weighted by Gasteiger charge is -2.10. The molecule has 0 radical (unpaired) electrons. The minimum absolute atomic E-state index is 0.0225. The van der Waals surface area contributed by atoms with Crippen molar-refractivity contribution in [1.82, 2.24) is 5.32 Å². The molecular weight excluding hydrogens is 292 g/mol. The zero-order valence-electron chi connectivity index (χ0n) is 11.8. The van der Waals surface area contributed by atoms with Gasteiger partial charge in [-0.25, -0.2) is 4.79 Å². The monoisotopic (exact) mass is 308 g/mol. The van der Waals surface area contributed by atoms with Crippen LogP contribution in [0, 0.1) is 10.1 Å². The predicted molar refractivity (Wildman–Crippen MR) is 75.4 cm³/mol. The fourth-order valence-corrected chi connectivity index (χ4v) is 2.02. The number of esters is 1. The van der Waals surface area contributed by atoms with Crippen LogP contribution in [0.15, 0.2) is 24.3 Å². The Morgan fingerprint density at radius 1 is 1.36 bits per heavy atom. The van der Waals surface area contributed by atoms with E-state index in [-0.39, 0.29) is 17.4 Å². The smallest absolute Gasteiger partial charge is 0.338 e. The number of nitro benzene ring substituents is 1. The van der Waals surface area contributed by atoms with Crippen LogP contribution in [-0.2, 0) is 14.3 Å². The molecule has 1 aromatic carbocycles. The minimum atomic E-state index is -0.706. The van der Waals surface area contributed by atoms with Crippen molar-refractivity contribution in [2.75, 3.05) is 19.8 Å². The number of benzene rings is 1.